The van der Waals surface area contributed by atoms with Crippen LogP contribution in [0.1, 0.15) is 5.56 Å². The van der Waals surface area contributed by atoms with Crippen LogP contribution in [0.5, 0.6) is 0 Å². The summed E-state index contributed by atoms with van der Waals surface area (Å²) < 4.78 is 6.39. The molecule has 0 aliphatic carbocycles. The van der Waals surface area contributed by atoms with E-state index in [4.69, 9.17) is 19.4 Å². The van der Waals surface area contributed by atoms with Gasteiger partial charge in [-0.3, -0.25) is 0 Å². The van der Waals surface area contributed by atoms with Gasteiger partial charge in [-0.1, -0.05) is 133 Å². The van der Waals surface area contributed by atoms with E-state index in [0.29, 0.717) is 23.0 Å². The predicted octanol–water partition coefficient (Wildman–Crippen LogP) is 11.6. The number of hydrogen-bond acceptors (Lipinski definition) is 5. The van der Waals surface area contributed by atoms with Gasteiger partial charge in [-0.2, -0.15) is 5.26 Å². The lowest BCUT2D eigenvalue weighted by atomic mass is 9.94. The molecule has 0 N–H and O–H groups in total. The molecule has 238 valence electrons. The third-order valence-electron chi connectivity index (χ3n) is 9.15. The third-order valence-corrected chi connectivity index (χ3v) is 9.15. The van der Waals surface area contributed by atoms with Crippen molar-refractivity contribution in [3.63, 3.8) is 0 Å². The fraction of sp³-hybridized carbons (Fsp3) is 0. The fourth-order valence-corrected chi connectivity index (χ4v) is 6.65. The van der Waals surface area contributed by atoms with E-state index >= 15 is 0 Å². The standard InChI is InChI=1S/C46H28N4O/c47-29-30-25-37(27-38(26-30)46-49-44(34-13-6-2-7-14-34)48-45(50-46)35-15-8-3-9-16-35)39-17-10-18-42-43(39)40-28-36(23-24-41(40)51-42)33-21-19-32(20-22-33)31-11-4-1-5-12-31/h1-28H. The number of fused-ring (bicyclic) bond motifs is 3. The van der Waals surface area contributed by atoms with E-state index in [2.05, 4.69) is 78.9 Å². The molecule has 0 radical (unpaired) electrons. The van der Waals surface area contributed by atoms with Crippen LogP contribution in [0.25, 0.3) is 89.5 Å². The number of hydrogen-bond donors (Lipinski definition) is 0. The van der Waals surface area contributed by atoms with E-state index in [0.717, 1.165) is 60.9 Å². The molecular weight excluding hydrogens is 625 g/mol. The van der Waals surface area contributed by atoms with Crippen molar-refractivity contribution < 1.29 is 4.42 Å². The first kappa shape index (κ1) is 29.9. The lowest BCUT2D eigenvalue weighted by Gasteiger charge is -2.11. The Morgan fingerprint density at radius 3 is 1.51 bits per heavy atom. The van der Waals surface area contributed by atoms with Crippen LogP contribution in [-0.2, 0) is 0 Å². The summed E-state index contributed by atoms with van der Waals surface area (Å²) in [6.45, 7) is 0. The van der Waals surface area contributed by atoms with Crippen molar-refractivity contribution in [2.75, 3.05) is 0 Å². The second kappa shape index (κ2) is 12.7. The van der Waals surface area contributed by atoms with Crippen LogP contribution in [0.4, 0.5) is 0 Å². The van der Waals surface area contributed by atoms with Gasteiger partial charge in [0, 0.05) is 27.5 Å². The molecule has 2 heterocycles. The average Bonchev–Trinajstić information content (AvgIpc) is 3.60. The maximum absolute atomic E-state index is 10.2. The van der Waals surface area contributed by atoms with Crippen molar-refractivity contribution in [2.24, 2.45) is 0 Å². The Balaban J connectivity index is 1.18. The monoisotopic (exact) mass is 652 g/mol. The first-order valence-electron chi connectivity index (χ1n) is 16.7. The van der Waals surface area contributed by atoms with Gasteiger partial charge in [0.2, 0.25) is 0 Å². The van der Waals surface area contributed by atoms with Gasteiger partial charge in [0.1, 0.15) is 11.2 Å². The topological polar surface area (TPSA) is 75.6 Å². The van der Waals surface area contributed by atoms with E-state index in [9.17, 15) is 5.26 Å². The molecule has 0 saturated carbocycles. The Hall–Kier alpha value is -7.16. The second-order valence-corrected chi connectivity index (χ2v) is 12.4. The zero-order chi connectivity index (χ0) is 34.1. The Labute approximate surface area is 294 Å². The smallest absolute Gasteiger partial charge is 0.164 e. The molecule has 0 bridgehead atoms. The van der Waals surface area contributed by atoms with Crippen LogP contribution in [0.2, 0.25) is 0 Å². The number of nitrogens with zero attached hydrogens (tertiary/aromatic N) is 4. The minimum absolute atomic E-state index is 0.492. The fourth-order valence-electron chi connectivity index (χ4n) is 6.65. The lowest BCUT2D eigenvalue weighted by Crippen LogP contribution is -2.00. The van der Waals surface area contributed by atoms with E-state index in [1.165, 1.54) is 11.1 Å². The summed E-state index contributed by atoms with van der Waals surface area (Å²) in [4.78, 5) is 14.7. The number of rotatable bonds is 6. The van der Waals surface area contributed by atoms with Crippen LogP contribution in [-0.4, -0.2) is 15.0 Å². The molecule has 0 spiro atoms. The highest BCUT2D eigenvalue weighted by molar-refractivity contribution is 6.13. The molecule has 0 fully saturated rings. The van der Waals surface area contributed by atoms with Crippen molar-refractivity contribution in [3.8, 4) is 73.6 Å². The summed E-state index contributed by atoms with van der Waals surface area (Å²) in [5, 5.41) is 12.2. The van der Waals surface area contributed by atoms with Crippen molar-refractivity contribution >= 4 is 21.9 Å². The van der Waals surface area contributed by atoms with Crippen molar-refractivity contribution in [1.82, 2.24) is 15.0 Å². The minimum Gasteiger partial charge on any atom is -0.456 e. The molecular formula is C46H28N4O. The van der Waals surface area contributed by atoms with Crippen LogP contribution in [0.3, 0.4) is 0 Å². The molecule has 0 saturated heterocycles. The Morgan fingerprint density at radius 1 is 0.392 bits per heavy atom. The van der Waals surface area contributed by atoms with Crippen molar-refractivity contribution in [1.29, 1.82) is 5.26 Å². The first-order chi connectivity index (χ1) is 25.2. The Bertz CT molecular complexity index is 2670. The molecule has 0 atom stereocenters. The SMILES string of the molecule is N#Cc1cc(-c2nc(-c3ccccc3)nc(-c3ccccc3)n2)cc(-c2cccc3oc4ccc(-c5ccc(-c6ccccc6)cc5)cc4c23)c1. The normalized spacial score (nSPS) is 11.1. The molecule has 0 unspecified atom stereocenters. The van der Waals surface area contributed by atoms with Crippen molar-refractivity contribution in [2.45, 2.75) is 0 Å². The van der Waals surface area contributed by atoms with E-state index < -0.39 is 0 Å². The van der Waals surface area contributed by atoms with Crippen molar-refractivity contribution in [3.05, 3.63) is 175 Å². The molecule has 9 aromatic rings. The van der Waals surface area contributed by atoms with Gasteiger partial charge in [0.05, 0.1) is 11.6 Å². The third kappa shape index (κ3) is 5.71. The quantitative estimate of drug-likeness (QED) is 0.179. The zero-order valence-electron chi connectivity index (χ0n) is 27.4. The molecule has 0 aliphatic rings. The summed E-state index contributed by atoms with van der Waals surface area (Å²) in [6.07, 6.45) is 0. The summed E-state index contributed by atoms with van der Waals surface area (Å²) in [5.41, 5.74) is 11.0. The summed E-state index contributed by atoms with van der Waals surface area (Å²) in [6, 6.07) is 59.4. The van der Waals surface area contributed by atoms with Crippen LogP contribution >= 0.6 is 0 Å². The van der Waals surface area contributed by atoms with Crippen LogP contribution in [0, 0.1) is 11.3 Å². The maximum atomic E-state index is 10.2. The number of aromatic nitrogens is 3. The van der Waals surface area contributed by atoms with Gasteiger partial charge < -0.3 is 4.42 Å². The first-order valence-corrected chi connectivity index (χ1v) is 16.7. The molecule has 9 rings (SSSR count). The largest absolute Gasteiger partial charge is 0.456 e. The average molecular weight is 653 g/mol. The Morgan fingerprint density at radius 2 is 0.902 bits per heavy atom. The van der Waals surface area contributed by atoms with Crippen LogP contribution < -0.4 is 0 Å². The van der Waals surface area contributed by atoms with E-state index in [1.54, 1.807) is 0 Å². The molecule has 7 aromatic carbocycles. The molecule has 51 heavy (non-hydrogen) atoms. The van der Waals surface area contributed by atoms with Crippen LogP contribution in [0.15, 0.2) is 174 Å². The Kier molecular flexibility index (Phi) is 7.46. The molecule has 0 aliphatic heterocycles. The summed E-state index contributed by atoms with van der Waals surface area (Å²) in [5.74, 6) is 1.62. The second-order valence-electron chi connectivity index (χ2n) is 12.4. The highest BCUT2D eigenvalue weighted by Gasteiger charge is 2.17. The van der Waals surface area contributed by atoms with Gasteiger partial charge in [-0.25, -0.2) is 15.0 Å². The zero-order valence-corrected chi connectivity index (χ0v) is 27.4. The minimum atomic E-state index is 0.492. The summed E-state index contributed by atoms with van der Waals surface area (Å²) >= 11 is 0. The van der Waals surface area contributed by atoms with Gasteiger partial charge in [0.15, 0.2) is 17.5 Å². The number of benzene rings is 7. The maximum Gasteiger partial charge on any atom is 0.164 e. The van der Waals surface area contributed by atoms with E-state index in [-0.39, 0.29) is 0 Å². The van der Waals surface area contributed by atoms with Gasteiger partial charge >= 0.3 is 0 Å². The molecule has 0 amide bonds. The highest BCUT2D eigenvalue weighted by atomic mass is 16.3. The van der Waals surface area contributed by atoms with Gasteiger partial charge in [0.25, 0.3) is 0 Å². The van der Waals surface area contributed by atoms with Gasteiger partial charge in [-0.05, 0) is 69.8 Å². The molecule has 2 aromatic heterocycles. The van der Waals surface area contributed by atoms with Gasteiger partial charge in [-0.15, -0.1) is 0 Å². The predicted molar refractivity (Wildman–Crippen MR) is 204 cm³/mol. The lowest BCUT2D eigenvalue weighted by molar-refractivity contribution is 0.669. The number of furan rings is 1. The summed E-state index contributed by atoms with van der Waals surface area (Å²) in [7, 11) is 0. The molecule has 5 heteroatoms. The number of nitriles is 1. The molecule has 5 nitrogen and oxygen atoms in total. The van der Waals surface area contributed by atoms with E-state index in [1.807, 2.05) is 97.1 Å². The highest BCUT2D eigenvalue weighted by Crippen LogP contribution is 2.40.